The molecule has 0 atom stereocenters. The first-order chi connectivity index (χ1) is 5.24. The van der Waals surface area contributed by atoms with Gasteiger partial charge in [-0.15, -0.1) is 0 Å². The molecule has 0 N–H and O–H groups in total. The van der Waals surface area contributed by atoms with Crippen molar-refractivity contribution in [1.29, 1.82) is 0 Å². The van der Waals surface area contributed by atoms with E-state index in [0.29, 0.717) is 5.56 Å². The van der Waals surface area contributed by atoms with E-state index in [1.54, 1.807) is 68.0 Å². The van der Waals surface area contributed by atoms with Gasteiger partial charge in [0.1, 0.15) is 0 Å². The van der Waals surface area contributed by atoms with Crippen molar-refractivity contribution in [2.45, 2.75) is 0 Å². The third kappa shape index (κ3) is 2.49. The minimum atomic E-state index is 0.0765. The number of rotatable bonds is 2. The van der Waals surface area contributed by atoms with Crippen LogP contribution in [0.15, 0.2) is 24.3 Å². The number of carbonyl (C=O) groups excluding carboxylic acids is 1. The van der Waals surface area contributed by atoms with Gasteiger partial charge in [0.25, 0.3) is 0 Å². The Balaban J connectivity index is 2.91. The maximum absolute atomic E-state index is 10.8. The Bertz CT molecular complexity index is 253. The molecule has 11 heavy (non-hydrogen) atoms. The molecule has 0 saturated carbocycles. The summed E-state index contributed by atoms with van der Waals surface area (Å²) >= 11 is 1.54. The number of methoxy groups -OCH3 is 1. The maximum atomic E-state index is 10.8. The van der Waals surface area contributed by atoms with Crippen molar-refractivity contribution in [3.8, 4) is 5.75 Å². The molecular weight excluding hydrogens is 287 g/mol. The van der Waals surface area contributed by atoms with Crippen LogP contribution in [0.4, 0.5) is 0 Å². The van der Waals surface area contributed by atoms with Crippen LogP contribution in [0.3, 0.4) is 0 Å². The van der Waals surface area contributed by atoms with Crippen molar-refractivity contribution in [1.82, 2.24) is 0 Å². The van der Waals surface area contributed by atoms with Crippen molar-refractivity contribution in [2.24, 2.45) is 0 Å². The molecule has 0 radical (unpaired) electrons. The average Bonchev–Trinajstić information content (AvgIpc) is 2.05. The molecule has 0 heterocycles. The summed E-state index contributed by atoms with van der Waals surface area (Å²) in [7, 11) is 1.60. The number of ether oxygens (including phenoxy) is 1. The zero-order valence-electron chi connectivity index (χ0n) is 5.96. The molecule has 2 nitrogen and oxygen atoms in total. The fraction of sp³-hybridized carbons (Fsp3) is 0.125. The van der Waals surface area contributed by atoms with E-state index in [1.807, 2.05) is 0 Å². The number of carbonyl (C=O) groups is 1. The first-order valence-electron chi connectivity index (χ1n) is 3.05. The predicted octanol–water partition coefficient (Wildman–Crippen LogP) is 1.38. The molecule has 1 aromatic rings. The Labute approximate surface area is 89.9 Å². The van der Waals surface area contributed by atoms with E-state index >= 15 is 0 Å². The molecule has 1 rings (SSSR count). The molecule has 0 bridgehead atoms. The molecule has 0 aromatic heterocycles. The molecule has 0 aliphatic carbocycles. The Hall–Kier alpha value is -0.0243. The van der Waals surface area contributed by atoms with Gasteiger partial charge in [-0.05, 0) is 0 Å². The van der Waals surface area contributed by atoms with Crippen LogP contribution in [-0.2, 0) is 0 Å². The Morgan fingerprint density at radius 1 is 1.36 bits per heavy atom. The molecule has 0 amide bonds. The van der Waals surface area contributed by atoms with Crippen LogP contribution < -0.4 is 4.74 Å². The van der Waals surface area contributed by atoms with Crippen molar-refractivity contribution >= 4 is 1.75 Å². The van der Waals surface area contributed by atoms with Gasteiger partial charge in [-0.3, -0.25) is 0 Å². The average molecular weight is 294 g/mol. The second kappa shape index (κ2) is 4.11. The first-order valence-corrected chi connectivity index (χ1v) is 4.12. The zero-order valence-corrected chi connectivity index (χ0v) is 8.10. The van der Waals surface area contributed by atoms with Crippen molar-refractivity contribution in [3.63, 3.8) is 0 Å². The first kappa shape index (κ1) is 9.07. The summed E-state index contributed by atoms with van der Waals surface area (Å²) in [5.74, 6) is 0.773. The number of benzene rings is 1. The van der Waals surface area contributed by atoms with Crippen molar-refractivity contribution < 1.29 is 46.2 Å². The van der Waals surface area contributed by atoms with Gasteiger partial charge in [0, 0.05) is 0 Å². The fourth-order valence-electron chi connectivity index (χ4n) is 0.715. The van der Waals surface area contributed by atoms with E-state index in [9.17, 15) is 4.79 Å². The summed E-state index contributed by atoms with van der Waals surface area (Å²) in [5.41, 5.74) is 0.714. The van der Waals surface area contributed by atoms with Gasteiger partial charge in [-0.2, -0.15) is 0 Å². The predicted molar refractivity (Wildman–Crippen MR) is 37.3 cm³/mol. The summed E-state index contributed by atoms with van der Waals surface area (Å²) in [6, 6.07) is 7.05. The van der Waals surface area contributed by atoms with E-state index in [4.69, 9.17) is 4.74 Å². The van der Waals surface area contributed by atoms with Gasteiger partial charge in [-0.25, -0.2) is 0 Å². The summed E-state index contributed by atoms with van der Waals surface area (Å²) in [5, 5.41) is 0. The molecule has 60 valence electrons. The van der Waals surface area contributed by atoms with Gasteiger partial charge < -0.3 is 0 Å². The van der Waals surface area contributed by atoms with Crippen molar-refractivity contribution in [3.05, 3.63) is 29.8 Å². The van der Waals surface area contributed by atoms with Gasteiger partial charge in [0.2, 0.25) is 0 Å². The zero-order chi connectivity index (χ0) is 8.27. The van der Waals surface area contributed by atoms with Gasteiger partial charge >= 0.3 is 90.6 Å². The normalized spacial score (nSPS) is 9.36. The van der Waals surface area contributed by atoms with Crippen LogP contribution in [0.2, 0.25) is 0 Å². The van der Waals surface area contributed by atoms with E-state index in [1.165, 1.54) is 0 Å². The van der Waals surface area contributed by atoms with Gasteiger partial charge in [0.15, 0.2) is 0 Å². The van der Waals surface area contributed by atoms with Crippen LogP contribution >= 0.6 is 0 Å². The SMILES string of the molecule is COc1ccc([C](=O)[Tb])cc1. The monoisotopic (exact) mass is 294 g/mol. The molecule has 0 fully saturated rings. The minimum absolute atomic E-state index is 0.0765. The van der Waals surface area contributed by atoms with Crippen LogP contribution in [0.5, 0.6) is 5.75 Å². The quantitative estimate of drug-likeness (QED) is 0.824. The Kier molecular flexibility index (Phi) is 3.39. The van der Waals surface area contributed by atoms with Crippen LogP contribution in [-0.4, -0.2) is 8.86 Å². The Morgan fingerprint density at radius 3 is 2.27 bits per heavy atom. The van der Waals surface area contributed by atoms with Crippen LogP contribution in [0.25, 0.3) is 0 Å². The topological polar surface area (TPSA) is 26.3 Å². The second-order valence-electron chi connectivity index (χ2n) is 1.98. The van der Waals surface area contributed by atoms with Gasteiger partial charge in [0.05, 0.1) is 0 Å². The molecule has 0 aliphatic heterocycles. The summed E-state index contributed by atoms with van der Waals surface area (Å²) in [4.78, 5) is 10.8. The third-order valence-corrected chi connectivity index (χ3v) is 1.92. The molecule has 0 aliphatic rings. The molecular formula is C8H7O2Tb. The molecule has 1 aromatic carbocycles. The summed E-state index contributed by atoms with van der Waals surface area (Å²) in [6.07, 6.45) is 0. The summed E-state index contributed by atoms with van der Waals surface area (Å²) in [6.45, 7) is 0. The molecule has 3 heteroatoms. The summed E-state index contributed by atoms with van der Waals surface area (Å²) < 4.78 is 5.01. The van der Waals surface area contributed by atoms with Gasteiger partial charge in [-0.1, -0.05) is 0 Å². The fourth-order valence-corrected chi connectivity index (χ4v) is 1.07. The van der Waals surface area contributed by atoms with Crippen LogP contribution in [0.1, 0.15) is 10.4 Å². The molecule has 0 spiro atoms. The second-order valence-corrected chi connectivity index (χ2v) is 2.95. The number of hydrogen-bond donors (Lipinski definition) is 0. The van der Waals surface area contributed by atoms with E-state index in [0.717, 1.165) is 5.75 Å². The van der Waals surface area contributed by atoms with Crippen LogP contribution in [0, 0.1) is 36.6 Å². The van der Waals surface area contributed by atoms with Crippen molar-refractivity contribution in [2.75, 3.05) is 7.11 Å². The van der Waals surface area contributed by atoms with E-state index < -0.39 is 0 Å². The Morgan fingerprint density at radius 2 is 1.91 bits per heavy atom. The number of hydrogen-bond acceptors (Lipinski definition) is 2. The van der Waals surface area contributed by atoms with E-state index in [-0.39, 0.29) is 1.75 Å². The third-order valence-electron chi connectivity index (χ3n) is 1.30. The molecule has 0 saturated heterocycles. The standard InChI is InChI=1S/C8H7O2.Tb/c1-10-8-4-2-7(6-9)3-5-8;/h2-5H,1H3;. The van der Waals surface area contributed by atoms with E-state index in [2.05, 4.69) is 0 Å². The molecule has 0 unspecified atom stereocenters.